The average molecular weight is 188 g/mol. The normalized spacial score (nSPS) is 28.8. The Morgan fingerprint density at radius 3 is 2.17 bits per heavy atom. The van der Waals surface area contributed by atoms with Crippen molar-refractivity contribution in [3.05, 3.63) is 23.6 Å². The molecule has 12 heavy (non-hydrogen) atoms. The smallest absolute Gasteiger partial charge is 0.232 e. The zero-order valence-corrected chi connectivity index (χ0v) is 5.42. The summed E-state index contributed by atoms with van der Waals surface area (Å²) in [5, 5.41) is 0. The van der Waals surface area contributed by atoms with E-state index in [-0.39, 0.29) is 0 Å². The van der Waals surface area contributed by atoms with Crippen molar-refractivity contribution < 1.29 is 26.3 Å². The molecule has 0 nitrogen and oxygen atoms in total. The van der Waals surface area contributed by atoms with Gasteiger partial charge in [-0.05, 0) is 0 Å². The summed E-state index contributed by atoms with van der Waals surface area (Å²) in [6.45, 7) is 0. The van der Waals surface area contributed by atoms with E-state index in [0.29, 0.717) is 0 Å². The van der Waals surface area contributed by atoms with Crippen LogP contribution >= 0.6 is 0 Å². The lowest BCUT2D eigenvalue weighted by Crippen LogP contribution is -2.23. The van der Waals surface area contributed by atoms with Crippen molar-refractivity contribution in [3.8, 4) is 0 Å². The highest BCUT2D eigenvalue weighted by Gasteiger charge is 2.44. The quantitative estimate of drug-likeness (QED) is 0.512. The van der Waals surface area contributed by atoms with Crippen LogP contribution in [0.5, 0.6) is 0 Å². The van der Waals surface area contributed by atoms with Crippen molar-refractivity contribution in [2.45, 2.75) is 12.1 Å². The Bertz CT molecular complexity index is 263. The summed E-state index contributed by atoms with van der Waals surface area (Å²) in [6.07, 6.45) is -3.62. The summed E-state index contributed by atoms with van der Waals surface area (Å²) in [4.78, 5) is 0. The Hall–Kier alpha value is -0.940. The van der Waals surface area contributed by atoms with Crippen LogP contribution in [0.2, 0.25) is 0 Å². The van der Waals surface area contributed by atoms with Gasteiger partial charge >= 0.3 is 5.92 Å². The zero-order chi connectivity index (χ0) is 9.52. The summed E-state index contributed by atoms with van der Waals surface area (Å²) in [5.41, 5.74) is 0. The molecule has 6 heteroatoms. The summed E-state index contributed by atoms with van der Waals surface area (Å²) in [5.74, 6) is -11.4. The van der Waals surface area contributed by atoms with Gasteiger partial charge in [0, 0.05) is 6.08 Å². The lowest BCUT2D eigenvalue weighted by molar-refractivity contribution is 0.0525. The van der Waals surface area contributed by atoms with Crippen LogP contribution in [0.3, 0.4) is 0 Å². The maximum atomic E-state index is 12.1. The topological polar surface area (TPSA) is 0 Å². The molecule has 0 bridgehead atoms. The third kappa shape index (κ3) is 1.21. The standard InChI is InChI=1S/C6H2F6/c7-2-1-6(11,12)5(10)4(9)3(2)8/h1,3H. The third-order valence-electron chi connectivity index (χ3n) is 1.29. The molecule has 0 aliphatic heterocycles. The van der Waals surface area contributed by atoms with Gasteiger partial charge in [0.25, 0.3) is 0 Å². The van der Waals surface area contributed by atoms with Gasteiger partial charge in [0.15, 0.2) is 5.83 Å². The first-order valence-electron chi connectivity index (χ1n) is 2.82. The molecule has 0 amide bonds. The van der Waals surface area contributed by atoms with Crippen LogP contribution in [0.15, 0.2) is 23.6 Å². The maximum absolute atomic E-state index is 12.1. The number of halogens is 6. The van der Waals surface area contributed by atoms with Crippen LogP contribution in [0.1, 0.15) is 0 Å². The van der Waals surface area contributed by atoms with Gasteiger partial charge in [-0.2, -0.15) is 8.78 Å². The molecule has 1 atom stereocenters. The molecule has 0 fully saturated rings. The minimum atomic E-state index is -4.38. The second kappa shape index (κ2) is 2.53. The molecule has 0 radical (unpaired) electrons. The highest BCUT2D eigenvalue weighted by Crippen LogP contribution is 2.39. The van der Waals surface area contributed by atoms with Crippen molar-refractivity contribution in [1.29, 1.82) is 0 Å². The highest BCUT2D eigenvalue weighted by molar-refractivity contribution is 5.31. The van der Waals surface area contributed by atoms with E-state index in [1.165, 1.54) is 0 Å². The molecule has 1 aliphatic carbocycles. The SMILES string of the molecule is FC1=CC(F)(F)C(F)=C(F)C1F. The predicted molar refractivity (Wildman–Crippen MR) is 28.3 cm³/mol. The molecule has 1 aliphatic rings. The molecule has 0 aromatic rings. The molecule has 0 saturated carbocycles. The van der Waals surface area contributed by atoms with Gasteiger partial charge in [0.1, 0.15) is 5.83 Å². The summed E-state index contributed by atoms with van der Waals surface area (Å²) in [7, 11) is 0. The summed E-state index contributed by atoms with van der Waals surface area (Å²) >= 11 is 0. The van der Waals surface area contributed by atoms with E-state index in [4.69, 9.17) is 0 Å². The van der Waals surface area contributed by atoms with Gasteiger partial charge in [-0.15, -0.1) is 0 Å². The molecular weight excluding hydrogens is 186 g/mol. The molecule has 0 spiro atoms. The molecule has 0 aromatic carbocycles. The van der Waals surface area contributed by atoms with E-state index < -0.39 is 35.7 Å². The zero-order valence-electron chi connectivity index (χ0n) is 5.42. The third-order valence-corrected chi connectivity index (χ3v) is 1.29. The van der Waals surface area contributed by atoms with Crippen molar-refractivity contribution >= 4 is 0 Å². The largest absolute Gasteiger partial charge is 0.322 e. The monoisotopic (exact) mass is 188 g/mol. The lowest BCUT2D eigenvalue weighted by atomic mass is 10.1. The Balaban J connectivity index is 3.15. The molecule has 0 saturated heterocycles. The molecule has 1 unspecified atom stereocenters. The average Bonchev–Trinajstić information content (AvgIpc) is 1.97. The Morgan fingerprint density at radius 1 is 1.17 bits per heavy atom. The Kier molecular flexibility index (Phi) is 1.93. The second-order valence-electron chi connectivity index (χ2n) is 2.18. The van der Waals surface area contributed by atoms with Crippen LogP contribution in [-0.2, 0) is 0 Å². The molecule has 0 aromatic heterocycles. The van der Waals surface area contributed by atoms with Crippen LogP contribution in [0.25, 0.3) is 0 Å². The lowest BCUT2D eigenvalue weighted by Gasteiger charge is -2.17. The van der Waals surface area contributed by atoms with Gasteiger partial charge in [-0.1, -0.05) is 0 Å². The van der Waals surface area contributed by atoms with E-state index in [0.717, 1.165) is 0 Å². The summed E-state index contributed by atoms with van der Waals surface area (Å²) in [6, 6.07) is 0. The van der Waals surface area contributed by atoms with Gasteiger partial charge in [-0.3, -0.25) is 0 Å². The first-order chi connectivity index (χ1) is 5.36. The van der Waals surface area contributed by atoms with E-state index in [1.807, 2.05) is 0 Å². The van der Waals surface area contributed by atoms with Crippen LogP contribution < -0.4 is 0 Å². The number of allylic oxidation sites excluding steroid dienone is 4. The van der Waals surface area contributed by atoms with Gasteiger partial charge in [-0.25, -0.2) is 17.6 Å². The highest BCUT2D eigenvalue weighted by atomic mass is 19.3. The first-order valence-corrected chi connectivity index (χ1v) is 2.82. The molecule has 0 N–H and O–H groups in total. The number of hydrogen-bond acceptors (Lipinski definition) is 0. The minimum absolute atomic E-state index is 0.587. The number of rotatable bonds is 0. The minimum Gasteiger partial charge on any atom is -0.232 e. The molecule has 1 rings (SSSR count). The second-order valence-corrected chi connectivity index (χ2v) is 2.18. The van der Waals surface area contributed by atoms with E-state index >= 15 is 0 Å². The van der Waals surface area contributed by atoms with E-state index in [2.05, 4.69) is 0 Å². The van der Waals surface area contributed by atoms with Crippen LogP contribution in [-0.4, -0.2) is 12.1 Å². The van der Waals surface area contributed by atoms with E-state index in [1.54, 1.807) is 0 Å². The van der Waals surface area contributed by atoms with Gasteiger partial charge < -0.3 is 0 Å². The van der Waals surface area contributed by atoms with Crippen LogP contribution in [0, 0.1) is 0 Å². The fourth-order valence-corrected chi connectivity index (χ4v) is 0.701. The predicted octanol–water partition coefficient (Wildman–Crippen LogP) is 2.98. The number of hydrogen-bond donors (Lipinski definition) is 0. The summed E-state index contributed by atoms with van der Waals surface area (Å²) < 4.78 is 72.6. The maximum Gasteiger partial charge on any atom is 0.322 e. The fraction of sp³-hybridized carbons (Fsp3) is 0.333. The Morgan fingerprint density at radius 2 is 1.67 bits per heavy atom. The number of alkyl halides is 3. The van der Waals surface area contributed by atoms with Crippen molar-refractivity contribution in [1.82, 2.24) is 0 Å². The molecule has 0 heterocycles. The molecule has 68 valence electrons. The van der Waals surface area contributed by atoms with Crippen molar-refractivity contribution in [3.63, 3.8) is 0 Å². The van der Waals surface area contributed by atoms with Gasteiger partial charge in [0.2, 0.25) is 12.0 Å². The van der Waals surface area contributed by atoms with Crippen molar-refractivity contribution in [2.75, 3.05) is 0 Å². The molecular formula is C6H2F6. The fourth-order valence-electron chi connectivity index (χ4n) is 0.701. The van der Waals surface area contributed by atoms with Crippen LogP contribution in [0.4, 0.5) is 26.3 Å². The first kappa shape index (κ1) is 9.15. The van der Waals surface area contributed by atoms with E-state index in [9.17, 15) is 26.3 Å². The van der Waals surface area contributed by atoms with Gasteiger partial charge in [0.05, 0.1) is 0 Å². The van der Waals surface area contributed by atoms with Crippen molar-refractivity contribution in [2.24, 2.45) is 0 Å². The Labute approximate surface area is 63.2 Å².